The molecule has 0 N–H and O–H groups in total. The van der Waals surface area contributed by atoms with Crippen LogP contribution in [0.3, 0.4) is 0 Å². The van der Waals surface area contributed by atoms with Gasteiger partial charge in [0.2, 0.25) is 0 Å². The molecule has 1 heterocycles. The van der Waals surface area contributed by atoms with Crippen LogP contribution in [0.25, 0.3) is 10.9 Å². The van der Waals surface area contributed by atoms with E-state index >= 15 is 0 Å². The van der Waals surface area contributed by atoms with Gasteiger partial charge in [-0.25, -0.2) is 4.79 Å². The van der Waals surface area contributed by atoms with E-state index in [2.05, 4.69) is 6.07 Å². The van der Waals surface area contributed by atoms with Crippen molar-refractivity contribution in [2.45, 2.75) is 26.3 Å². The average molecular weight is 256 g/mol. The average Bonchev–Trinajstić information content (AvgIpc) is 2.84. The van der Waals surface area contributed by atoms with Crippen LogP contribution in [-0.4, -0.2) is 17.1 Å². The van der Waals surface area contributed by atoms with Crippen molar-refractivity contribution in [1.82, 2.24) is 4.57 Å². The van der Waals surface area contributed by atoms with Crippen molar-refractivity contribution in [2.24, 2.45) is 0 Å². The molecule has 0 bridgehead atoms. The fourth-order valence-corrected chi connectivity index (χ4v) is 2.27. The van der Waals surface area contributed by atoms with E-state index in [1.165, 1.54) is 0 Å². The summed E-state index contributed by atoms with van der Waals surface area (Å²) in [5.41, 5.74) is 1.51. The van der Waals surface area contributed by atoms with Crippen LogP contribution in [0, 0.1) is 11.3 Å². The van der Waals surface area contributed by atoms with Crippen LogP contribution in [0.4, 0.5) is 0 Å². The summed E-state index contributed by atoms with van der Waals surface area (Å²) in [6.07, 6.45) is 2.50. The van der Waals surface area contributed by atoms with Gasteiger partial charge in [-0.1, -0.05) is 13.0 Å². The molecule has 2 aromatic rings. The van der Waals surface area contributed by atoms with E-state index in [1.807, 2.05) is 35.9 Å². The smallest absolute Gasteiger partial charge is 0.329 e. The monoisotopic (exact) mass is 256 g/mol. The Kier molecular flexibility index (Phi) is 3.86. The van der Waals surface area contributed by atoms with Crippen molar-refractivity contribution in [3.8, 4) is 6.07 Å². The van der Waals surface area contributed by atoms with Gasteiger partial charge < -0.3 is 9.30 Å². The van der Waals surface area contributed by atoms with Crippen molar-refractivity contribution < 1.29 is 9.53 Å². The summed E-state index contributed by atoms with van der Waals surface area (Å²) >= 11 is 0. The van der Waals surface area contributed by atoms with Gasteiger partial charge in [-0.3, -0.25) is 0 Å². The van der Waals surface area contributed by atoms with E-state index in [9.17, 15) is 4.79 Å². The summed E-state index contributed by atoms with van der Waals surface area (Å²) in [6.45, 7) is 4.12. The highest BCUT2D eigenvalue weighted by atomic mass is 16.5. The largest absolute Gasteiger partial charge is 0.464 e. The first kappa shape index (κ1) is 13.2. The Hall–Kier alpha value is -2.28. The summed E-state index contributed by atoms with van der Waals surface area (Å²) in [6, 6.07) is 9.21. The minimum absolute atomic E-state index is 0.232. The maximum atomic E-state index is 12.0. The molecule has 1 aromatic heterocycles. The van der Waals surface area contributed by atoms with E-state index in [4.69, 9.17) is 10.00 Å². The van der Waals surface area contributed by atoms with Crippen molar-refractivity contribution >= 4 is 16.9 Å². The molecule has 1 atom stereocenters. The molecular weight excluding hydrogens is 240 g/mol. The van der Waals surface area contributed by atoms with Crippen LogP contribution < -0.4 is 0 Å². The first-order valence-corrected chi connectivity index (χ1v) is 6.39. The number of carbonyl (C=O) groups is 1. The predicted octanol–water partition coefficient (Wildman–Crippen LogP) is 3.03. The maximum absolute atomic E-state index is 12.0. The van der Waals surface area contributed by atoms with Gasteiger partial charge in [-0.2, -0.15) is 5.26 Å². The van der Waals surface area contributed by atoms with E-state index in [0.29, 0.717) is 18.6 Å². The van der Waals surface area contributed by atoms with Crippen LogP contribution in [0.2, 0.25) is 0 Å². The molecule has 4 nitrogen and oxygen atoms in total. The van der Waals surface area contributed by atoms with Crippen LogP contribution in [0.5, 0.6) is 0 Å². The third-order valence-corrected chi connectivity index (χ3v) is 3.16. The standard InChI is InChI=1S/C15H16N2O2/c1-3-13(15(18)19-4-2)17-9-8-12-11(10-16)6-5-7-14(12)17/h5-9,13H,3-4H2,1-2H3. The SMILES string of the molecule is CCOC(=O)C(CC)n1ccc2c(C#N)cccc21. The molecule has 98 valence electrons. The molecule has 0 radical (unpaired) electrons. The lowest BCUT2D eigenvalue weighted by molar-refractivity contribution is -0.147. The molecule has 0 fully saturated rings. The zero-order valence-corrected chi connectivity index (χ0v) is 11.1. The molecule has 0 aliphatic rings. The molecule has 1 aromatic carbocycles. The van der Waals surface area contributed by atoms with Gasteiger partial charge >= 0.3 is 5.97 Å². The molecular formula is C15H16N2O2. The van der Waals surface area contributed by atoms with E-state index < -0.39 is 0 Å². The topological polar surface area (TPSA) is 55.0 Å². The molecule has 1 unspecified atom stereocenters. The second-order valence-electron chi connectivity index (χ2n) is 4.25. The van der Waals surface area contributed by atoms with Gasteiger partial charge in [0.25, 0.3) is 0 Å². The number of nitrogens with zero attached hydrogens (tertiary/aromatic N) is 2. The minimum atomic E-state index is -0.341. The van der Waals surface area contributed by atoms with Crippen LogP contribution in [0.15, 0.2) is 30.5 Å². The van der Waals surface area contributed by atoms with Gasteiger partial charge in [0.15, 0.2) is 0 Å². The normalized spacial score (nSPS) is 12.1. The van der Waals surface area contributed by atoms with Crippen molar-refractivity contribution in [1.29, 1.82) is 5.26 Å². The number of aromatic nitrogens is 1. The second kappa shape index (κ2) is 5.57. The van der Waals surface area contributed by atoms with Crippen molar-refractivity contribution in [3.05, 3.63) is 36.0 Å². The van der Waals surface area contributed by atoms with Crippen LogP contribution in [-0.2, 0) is 9.53 Å². The first-order chi connectivity index (χ1) is 9.22. The molecule has 0 saturated heterocycles. The second-order valence-corrected chi connectivity index (χ2v) is 4.25. The Morgan fingerprint density at radius 2 is 2.21 bits per heavy atom. The Balaban J connectivity index is 2.51. The van der Waals surface area contributed by atoms with E-state index in [1.54, 1.807) is 13.0 Å². The number of ether oxygens (including phenoxy) is 1. The van der Waals surface area contributed by atoms with Crippen molar-refractivity contribution in [3.63, 3.8) is 0 Å². The fourth-order valence-electron chi connectivity index (χ4n) is 2.27. The summed E-state index contributed by atoms with van der Waals surface area (Å²) < 4.78 is 6.98. The Labute approximate surface area is 112 Å². The first-order valence-electron chi connectivity index (χ1n) is 6.39. The van der Waals surface area contributed by atoms with E-state index in [-0.39, 0.29) is 12.0 Å². The highest BCUT2D eigenvalue weighted by Crippen LogP contribution is 2.25. The van der Waals surface area contributed by atoms with Gasteiger partial charge in [0.05, 0.1) is 23.8 Å². The Morgan fingerprint density at radius 3 is 2.84 bits per heavy atom. The minimum Gasteiger partial charge on any atom is -0.464 e. The molecule has 0 aliphatic heterocycles. The zero-order chi connectivity index (χ0) is 13.8. The molecule has 0 spiro atoms. The Morgan fingerprint density at radius 1 is 1.42 bits per heavy atom. The number of carbonyl (C=O) groups excluding carboxylic acids is 1. The summed E-state index contributed by atoms with van der Waals surface area (Å²) in [5, 5.41) is 9.95. The lowest BCUT2D eigenvalue weighted by atomic mass is 10.1. The van der Waals surface area contributed by atoms with Crippen LogP contribution >= 0.6 is 0 Å². The summed E-state index contributed by atoms with van der Waals surface area (Å²) in [4.78, 5) is 12.0. The third kappa shape index (κ3) is 2.32. The number of hydrogen-bond donors (Lipinski definition) is 0. The molecule has 0 aliphatic carbocycles. The van der Waals surface area contributed by atoms with Crippen LogP contribution in [0.1, 0.15) is 31.9 Å². The Bertz CT molecular complexity index is 637. The molecule has 0 saturated carbocycles. The van der Waals surface area contributed by atoms with Gasteiger partial charge in [-0.05, 0) is 31.5 Å². The summed E-state index contributed by atoms with van der Waals surface area (Å²) in [7, 11) is 0. The lowest BCUT2D eigenvalue weighted by Gasteiger charge is -2.16. The fraction of sp³-hybridized carbons (Fsp3) is 0.333. The predicted molar refractivity (Wildman–Crippen MR) is 72.6 cm³/mol. The molecule has 4 heteroatoms. The number of hydrogen-bond acceptors (Lipinski definition) is 3. The number of esters is 1. The number of nitriles is 1. The van der Waals surface area contributed by atoms with Gasteiger partial charge in [-0.15, -0.1) is 0 Å². The highest BCUT2D eigenvalue weighted by Gasteiger charge is 2.21. The lowest BCUT2D eigenvalue weighted by Crippen LogP contribution is -2.20. The van der Waals surface area contributed by atoms with Crippen molar-refractivity contribution in [2.75, 3.05) is 6.61 Å². The van der Waals surface area contributed by atoms with Gasteiger partial charge in [0.1, 0.15) is 6.04 Å². The molecule has 0 amide bonds. The number of fused-ring (bicyclic) bond motifs is 1. The zero-order valence-electron chi connectivity index (χ0n) is 11.1. The van der Waals surface area contributed by atoms with E-state index in [0.717, 1.165) is 10.9 Å². The molecule has 2 rings (SSSR count). The maximum Gasteiger partial charge on any atom is 0.329 e. The van der Waals surface area contributed by atoms with Gasteiger partial charge in [0, 0.05) is 11.6 Å². The summed E-state index contributed by atoms with van der Waals surface area (Å²) in [5.74, 6) is -0.232. The number of benzene rings is 1. The number of rotatable bonds is 4. The quantitative estimate of drug-likeness (QED) is 0.790. The third-order valence-electron chi connectivity index (χ3n) is 3.16. The highest BCUT2D eigenvalue weighted by molar-refractivity contribution is 5.88. The molecule has 19 heavy (non-hydrogen) atoms.